The fourth-order valence-electron chi connectivity index (χ4n) is 1.20. The molecular weight excluding hydrogens is 188 g/mol. The lowest BCUT2D eigenvalue weighted by Gasteiger charge is -2.23. The summed E-state index contributed by atoms with van der Waals surface area (Å²) >= 11 is 0. The predicted octanol–water partition coefficient (Wildman–Crippen LogP) is -1.49. The van der Waals surface area contributed by atoms with E-state index < -0.39 is 5.97 Å². The van der Waals surface area contributed by atoms with Crippen molar-refractivity contribution in [3.05, 3.63) is 0 Å². The number of amides is 2. The average molecular weight is 200 g/mol. The van der Waals surface area contributed by atoms with Gasteiger partial charge in [-0.2, -0.15) is 0 Å². The second kappa shape index (κ2) is 4.71. The van der Waals surface area contributed by atoms with Crippen molar-refractivity contribution in [1.82, 2.24) is 10.2 Å². The minimum atomic E-state index is -0.421. The molecule has 0 aromatic heterocycles. The molecule has 1 saturated heterocycles. The minimum Gasteiger partial charge on any atom is -0.465 e. The number of piperazine rings is 1. The van der Waals surface area contributed by atoms with Gasteiger partial charge in [0.15, 0.2) is 0 Å². The summed E-state index contributed by atoms with van der Waals surface area (Å²) in [6.45, 7) is 2.10. The first kappa shape index (κ1) is 10.6. The van der Waals surface area contributed by atoms with Crippen molar-refractivity contribution in [3.8, 4) is 0 Å². The number of carbonyl (C=O) groups excluding carboxylic acids is 3. The number of rotatable bonds is 3. The van der Waals surface area contributed by atoms with Crippen LogP contribution >= 0.6 is 0 Å². The van der Waals surface area contributed by atoms with Gasteiger partial charge in [-0.25, -0.2) is 0 Å². The van der Waals surface area contributed by atoms with Crippen LogP contribution in [0.2, 0.25) is 0 Å². The Hall–Kier alpha value is -1.43. The normalized spacial score (nSPS) is 17.8. The van der Waals surface area contributed by atoms with Crippen LogP contribution < -0.4 is 5.32 Å². The highest BCUT2D eigenvalue weighted by Gasteiger charge is 2.24. The number of nitrogens with zero attached hydrogens (tertiary/aromatic N) is 1. The van der Waals surface area contributed by atoms with Crippen molar-refractivity contribution in [1.29, 1.82) is 0 Å². The molecule has 0 aromatic rings. The van der Waals surface area contributed by atoms with E-state index >= 15 is 0 Å². The second-order valence-electron chi connectivity index (χ2n) is 2.92. The Morgan fingerprint density at radius 1 is 1.43 bits per heavy atom. The molecule has 0 spiro atoms. The van der Waals surface area contributed by atoms with E-state index in [1.807, 2.05) is 0 Å². The molecule has 78 valence electrons. The monoisotopic (exact) mass is 200 g/mol. The van der Waals surface area contributed by atoms with Crippen molar-refractivity contribution < 1.29 is 19.1 Å². The number of hydrogen-bond acceptors (Lipinski definition) is 5. The topological polar surface area (TPSA) is 75.7 Å². The maximum absolute atomic E-state index is 11.0. The molecule has 14 heavy (non-hydrogen) atoms. The molecule has 1 heterocycles. The molecule has 0 aliphatic carbocycles. The Morgan fingerprint density at radius 3 is 2.50 bits per heavy atom. The molecule has 2 amide bonds. The lowest BCUT2D eigenvalue weighted by atomic mass is 10.3. The van der Waals surface area contributed by atoms with Crippen LogP contribution in [0, 0.1) is 0 Å². The molecule has 0 radical (unpaired) electrons. The summed E-state index contributed by atoms with van der Waals surface area (Å²) < 4.78 is 4.69. The third-order valence-electron chi connectivity index (χ3n) is 1.67. The van der Waals surface area contributed by atoms with Gasteiger partial charge in [-0.05, 0) is 6.92 Å². The fourth-order valence-corrected chi connectivity index (χ4v) is 1.20. The Kier molecular flexibility index (Phi) is 3.58. The zero-order valence-corrected chi connectivity index (χ0v) is 7.91. The fraction of sp³-hybridized carbons (Fsp3) is 0.625. The first-order valence-corrected chi connectivity index (χ1v) is 4.32. The van der Waals surface area contributed by atoms with E-state index in [1.165, 1.54) is 4.90 Å². The smallest absolute Gasteiger partial charge is 0.320 e. The van der Waals surface area contributed by atoms with E-state index in [0.717, 1.165) is 0 Å². The maximum Gasteiger partial charge on any atom is 0.320 e. The molecule has 0 saturated carbocycles. The summed E-state index contributed by atoms with van der Waals surface area (Å²) in [6, 6.07) is 0. The summed E-state index contributed by atoms with van der Waals surface area (Å²) in [6.07, 6.45) is 0. The summed E-state index contributed by atoms with van der Waals surface area (Å²) in [5.74, 6) is -1.19. The maximum atomic E-state index is 11.0. The van der Waals surface area contributed by atoms with E-state index in [4.69, 9.17) is 4.74 Å². The number of hydrogen-bond donors (Lipinski definition) is 1. The van der Waals surface area contributed by atoms with Gasteiger partial charge < -0.3 is 4.74 Å². The van der Waals surface area contributed by atoms with Crippen LogP contribution in [0.1, 0.15) is 6.92 Å². The summed E-state index contributed by atoms with van der Waals surface area (Å²) in [4.78, 5) is 34.3. The van der Waals surface area contributed by atoms with Crippen molar-refractivity contribution in [2.75, 3.05) is 26.2 Å². The SMILES string of the molecule is CCOC(=O)CN1CC(=O)NC(=O)C1. The molecule has 0 unspecified atom stereocenters. The van der Waals surface area contributed by atoms with Crippen LogP contribution in [0.5, 0.6) is 0 Å². The Labute approximate surface area is 81.2 Å². The van der Waals surface area contributed by atoms with Gasteiger partial charge >= 0.3 is 5.97 Å². The summed E-state index contributed by atoms with van der Waals surface area (Å²) in [7, 11) is 0. The van der Waals surface area contributed by atoms with Crippen molar-refractivity contribution >= 4 is 17.8 Å². The first-order valence-electron chi connectivity index (χ1n) is 4.32. The molecule has 0 aromatic carbocycles. The molecule has 6 nitrogen and oxygen atoms in total. The van der Waals surface area contributed by atoms with E-state index in [9.17, 15) is 14.4 Å². The van der Waals surface area contributed by atoms with Crippen LogP contribution in [-0.4, -0.2) is 48.9 Å². The Morgan fingerprint density at radius 2 is 2.00 bits per heavy atom. The highest BCUT2D eigenvalue weighted by Crippen LogP contribution is 1.95. The van der Waals surface area contributed by atoms with E-state index in [0.29, 0.717) is 6.61 Å². The lowest BCUT2D eigenvalue weighted by Crippen LogP contribution is -2.52. The predicted molar refractivity (Wildman–Crippen MR) is 46.2 cm³/mol. The summed E-state index contributed by atoms with van der Waals surface area (Å²) in [5.41, 5.74) is 0. The van der Waals surface area contributed by atoms with Gasteiger partial charge in [0.1, 0.15) is 0 Å². The summed E-state index contributed by atoms with van der Waals surface area (Å²) in [5, 5.41) is 2.14. The zero-order valence-electron chi connectivity index (χ0n) is 7.91. The Bertz CT molecular complexity index is 248. The number of esters is 1. The van der Waals surface area contributed by atoms with Crippen molar-refractivity contribution in [2.45, 2.75) is 6.92 Å². The van der Waals surface area contributed by atoms with Gasteiger partial charge in [-0.3, -0.25) is 24.6 Å². The minimum absolute atomic E-state index is 0.0208. The molecule has 0 atom stereocenters. The van der Waals surface area contributed by atoms with E-state index in [2.05, 4.69) is 5.32 Å². The van der Waals surface area contributed by atoms with E-state index in [-0.39, 0.29) is 31.4 Å². The zero-order chi connectivity index (χ0) is 10.6. The van der Waals surface area contributed by atoms with E-state index in [1.54, 1.807) is 6.92 Å². The van der Waals surface area contributed by atoms with Crippen LogP contribution in [0.15, 0.2) is 0 Å². The quantitative estimate of drug-likeness (QED) is 0.443. The standard InChI is InChI=1S/C8H12N2O4/c1-2-14-8(13)5-10-3-6(11)9-7(12)4-10/h2-5H2,1H3,(H,9,11,12). The molecule has 1 aliphatic heterocycles. The third kappa shape index (κ3) is 3.14. The molecule has 1 rings (SSSR count). The van der Waals surface area contributed by atoms with Crippen LogP contribution in [0.25, 0.3) is 0 Å². The van der Waals surface area contributed by atoms with Gasteiger partial charge in [-0.15, -0.1) is 0 Å². The van der Waals surface area contributed by atoms with Gasteiger partial charge in [0.2, 0.25) is 11.8 Å². The largest absolute Gasteiger partial charge is 0.465 e. The molecule has 1 N–H and O–H groups in total. The van der Waals surface area contributed by atoms with Crippen LogP contribution in [0.4, 0.5) is 0 Å². The second-order valence-corrected chi connectivity index (χ2v) is 2.92. The molecule has 1 aliphatic rings. The molecule has 1 fully saturated rings. The van der Waals surface area contributed by atoms with Gasteiger partial charge in [0, 0.05) is 0 Å². The van der Waals surface area contributed by atoms with Crippen LogP contribution in [0.3, 0.4) is 0 Å². The van der Waals surface area contributed by atoms with Crippen molar-refractivity contribution in [2.24, 2.45) is 0 Å². The highest BCUT2D eigenvalue weighted by atomic mass is 16.5. The lowest BCUT2D eigenvalue weighted by molar-refractivity contribution is -0.146. The van der Waals surface area contributed by atoms with Gasteiger partial charge in [0.05, 0.1) is 26.2 Å². The number of carbonyl (C=O) groups is 3. The molecule has 0 bridgehead atoms. The van der Waals surface area contributed by atoms with Crippen molar-refractivity contribution in [3.63, 3.8) is 0 Å². The van der Waals surface area contributed by atoms with Gasteiger partial charge in [0.25, 0.3) is 0 Å². The average Bonchev–Trinajstić information content (AvgIpc) is 2.01. The van der Waals surface area contributed by atoms with Crippen LogP contribution in [-0.2, 0) is 19.1 Å². The number of nitrogens with one attached hydrogen (secondary N) is 1. The highest BCUT2D eigenvalue weighted by molar-refractivity contribution is 5.99. The van der Waals surface area contributed by atoms with Gasteiger partial charge in [-0.1, -0.05) is 0 Å². The number of imide groups is 1. The first-order chi connectivity index (χ1) is 6.61. The third-order valence-corrected chi connectivity index (χ3v) is 1.67. The molecular formula is C8H12N2O4. The number of ether oxygens (including phenoxy) is 1. The Balaban J connectivity index is 2.40. The molecule has 6 heteroatoms.